The molecule has 0 radical (unpaired) electrons. The topological polar surface area (TPSA) is 46.3 Å². The fourth-order valence-corrected chi connectivity index (χ4v) is 2.93. The van der Waals surface area contributed by atoms with Crippen molar-refractivity contribution in [2.24, 2.45) is 11.7 Å². The van der Waals surface area contributed by atoms with Crippen LogP contribution in [0.5, 0.6) is 0 Å². The van der Waals surface area contributed by atoms with Crippen molar-refractivity contribution in [2.75, 3.05) is 11.9 Å². The number of carbonyl (C=O) groups is 1. The molecule has 3 heteroatoms. The third-order valence-electron chi connectivity index (χ3n) is 4.11. The van der Waals surface area contributed by atoms with E-state index in [1.165, 1.54) is 25.7 Å². The summed E-state index contributed by atoms with van der Waals surface area (Å²) in [7, 11) is 1.88. The van der Waals surface area contributed by atoms with Gasteiger partial charge in [0.25, 0.3) is 0 Å². The molecule has 1 amide bonds. The fraction of sp³-hybridized carbons (Fsp3) is 0.562. The van der Waals surface area contributed by atoms with Crippen LogP contribution in [0, 0.1) is 5.92 Å². The molecule has 1 aromatic rings. The second kappa shape index (κ2) is 6.71. The van der Waals surface area contributed by atoms with E-state index in [1.807, 2.05) is 31.3 Å². The molecule has 2 N–H and O–H groups in total. The number of benzene rings is 1. The van der Waals surface area contributed by atoms with E-state index in [-0.39, 0.29) is 11.8 Å². The monoisotopic (exact) mass is 260 g/mol. The van der Waals surface area contributed by atoms with Crippen molar-refractivity contribution in [3.8, 4) is 0 Å². The average Bonchev–Trinajstić information content (AvgIpc) is 2.74. The molecule has 0 atom stereocenters. The van der Waals surface area contributed by atoms with Gasteiger partial charge in [-0.25, -0.2) is 0 Å². The molecular weight excluding hydrogens is 236 g/mol. The van der Waals surface area contributed by atoms with Crippen LogP contribution in [0.1, 0.15) is 44.1 Å². The summed E-state index contributed by atoms with van der Waals surface area (Å²) in [5.41, 5.74) is 7.75. The zero-order chi connectivity index (χ0) is 13.7. The summed E-state index contributed by atoms with van der Waals surface area (Å²) < 4.78 is 0. The van der Waals surface area contributed by atoms with Crippen molar-refractivity contribution < 1.29 is 4.79 Å². The zero-order valence-electron chi connectivity index (χ0n) is 11.8. The minimum absolute atomic E-state index is 0.193. The lowest BCUT2D eigenvalue weighted by Gasteiger charge is -2.24. The van der Waals surface area contributed by atoms with E-state index in [2.05, 4.69) is 0 Å². The second-order valence-corrected chi connectivity index (χ2v) is 5.42. The Morgan fingerprint density at radius 1 is 1.21 bits per heavy atom. The van der Waals surface area contributed by atoms with E-state index in [1.54, 1.807) is 4.90 Å². The Labute approximate surface area is 115 Å². The van der Waals surface area contributed by atoms with Crippen LogP contribution in [0.4, 0.5) is 5.69 Å². The van der Waals surface area contributed by atoms with E-state index in [0.717, 1.165) is 24.1 Å². The van der Waals surface area contributed by atoms with E-state index in [9.17, 15) is 4.79 Å². The van der Waals surface area contributed by atoms with Crippen LogP contribution in [-0.4, -0.2) is 13.0 Å². The van der Waals surface area contributed by atoms with Crippen LogP contribution in [0.2, 0.25) is 0 Å². The first-order chi connectivity index (χ1) is 9.24. The van der Waals surface area contributed by atoms with Crippen molar-refractivity contribution in [3.05, 3.63) is 29.8 Å². The average molecular weight is 260 g/mol. The predicted octanol–water partition coefficient (Wildman–Crippen LogP) is 3.08. The molecule has 1 aliphatic rings. The number of carbonyl (C=O) groups excluding carboxylic acids is 1. The summed E-state index contributed by atoms with van der Waals surface area (Å²) in [5, 5.41) is 0. The molecule has 0 bridgehead atoms. The molecular formula is C16H24N2O. The van der Waals surface area contributed by atoms with Gasteiger partial charge in [-0.2, -0.15) is 0 Å². The molecule has 0 aliphatic heterocycles. The number of rotatable bonds is 3. The van der Waals surface area contributed by atoms with Gasteiger partial charge in [-0.05, 0) is 24.5 Å². The number of para-hydroxylation sites is 1. The summed E-state index contributed by atoms with van der Waals surface area (Å²) in [6.45, 7) is 0.471. The Morgan fingerprint density at radius 2 is 1.84 bits per heavy atom. The number of anilines is 1. The second-order valence-electron chi connectivity index (χ2n) is 5.42. The van der Waals surface area contributed by atoms with Crippen LogP contribution in [0.25, 0.3) is 0 Å². The van der Waals surface area contributed by atoms with E-state index in [0.29, 0.717) is 6.54 Å². The van der Waals surface area contributed by atoms with Gasteiger partial charge in [0.2, 0.25) is 5.91 Å². The van der Waals surface area contributed by atoms with Gasteiger partial charge in [0.15, 0.2) is 0 Å². The maximum Gasteiger partial charge on any atom is 0.229 e. The van der Waals surface area contributed by atoms with Gasteiger partial charge in [-0.3, -0.25) is 4.79 Å². The molecule has 0 spiro atoms. The summed E-state index contributed by atoms with van der Waals surface area (Å²) >= 11 is 0. The molecule has 3 nitrogen and oxygen atoms in total. The SMILES string of the molecule is CN(C(=O)C1CCCCCC1)c1ccccc1CN. The van der Waals surface area contributed by atoms with E-state index < -0.39 is 0 Å². The van der Waals surface area contributed by atoms with Gasteiger partial charge >= 0.3 is 0 Å². The van der Waals surface area contributed by atoms with Crippen LogP contribution in [0.3, 0.4) is 0 Å². The van der Waals surface area contributed by atoms with Crippen molar-refractivity contribution in [1.82, 2.24) is 0 Å². The van der Waals surface area contributed by atoms with Gasteiger partial charge in [-0.15, -0.1) is 0 Å². The third kappa shape index (κ3) is 3.35. The van der Waals surface area contributed by atoms with Gasteiger partial charge in [-0.1, -0.05) is 43.9 Å². The maximum atomic E-state index is 12.6. The lowest BCUT2D eigenvalue weighted by molar-refractivity contribution is -0.122. The van der Waals surface area contributed by atoms with E-state index in [4.69, 9.17) is 5.73 Å². The third-order valence-corrected chi connectivity index (χ3v) is 4.11. The quantitative estimate of drug-likeness (QED) is 0.849. The molecule has 19 heavy (non-hydrogen) atoms. The first-order valence-electron chi connectivity index (χ1n) is 7.29. The summed E-state index contributed by atoms with van der Waals surface area (Å²) in [4.78, 5) is 14.4. The highest BCUT2D eigenvalue weighted by Gasteiger charge is 2.24. The molecule has 104 valence electrons. The highest BCUT2D eigenvalue weighted by atomic mass is 16.2. The van der Waals surface area contributed by atoms with Crippen molar-refractivity contribution in [2.45, 2.75) is 45.1 Å². The lowest BCUT2D eigenvalue weighted by Crippen LogP contribution is -2.33. The normalized spacial score (nSPS) is 16.9. The highest BCUT2D eigenvalue weighted by Crippen LogP contribution is 2.27. The molecule has 1 aliphatic carbocycles. The number of amides is 1. The predicted molar refractivity (Wildman–Crippen MR) is 78.9 cm³/mol. The minimum Gasteiger partial charge on any atom is -0.326 e. The van der Waals surface area contributed by atoms with E-state index >= 15 is 0 Å². The van der Waals surface area contributed by atoms with Crippen LogP contribution < -0.4 is 10.6 Å². The van der Waals surface area contributed by atoms with Crippen LogP contribution >= 0.6 is 0 Å². The van der Waals surface area contributed by atoms with Crippen molar-refractivity contribution >= 4 is 11.6 Å². The first kappa shape index (κ1) is 14.1. The Hall–Kier alpha value is -1.35. The summed E-state index contributed by atoms with van der Waals surface area (Å²) in [5.74, 6) is 0.445. The van der Waals surface area contributed by atoms with Crippen molar-refractivity contribution in [3.63, 3.8) is 0 Å². The molecule has 0 saturated heterocycles. The fourth-order valence-electron chi connectivity index (χ4n) is 2.93. The molecule has 1 saturated carbocycles. The Kier molecular flexibility index (Phi) is 4.97. The number of nitrogens with zero attached hydrogens (tertiary/aromatic N) is 1. The standard InChI is InChI=1S/C16H24N2O/c1-18(15-11-7-6-10-14(15)12-17)16(19)13-8-4-2-3-5-9-13/h6-7,10-11,13H,2-5,8-9,12,17H2,1H3. The molecule has 0 aromatic heterocycles. The van der Waals surface area contributed by atoms with Crippen molar-refractivity contribution in [1.29, 1.82) is 0 Å². The maximum absolute atomic E-state index is 12.6. The molecule has 0 unspecified atom stereocenters. The largest absolute Gasteiger partial charge is 0.326 e. The molecule has 2 rings (SSSR count). The van der Waals surface area contributed by atoms with Gasteiger partial charge in [0, 0.05) is 25.2 Å². The minimum atomic E-state index is 0.193. The van der Waals surface area contributed by atoms with Crippen LogP contribution in [-0.2, 0) is 11.3 Å². The number of hydrogen-bond acceptors (Lipinski definition) is 2. The van der Waals surface area contributed by atoms with Gasteiger partial charge in [0.05, 0.1) is 0 Å². The summed E-state index contributed by atoms with van der Waals surface area (Å²) in [6, 6.07) is 7.91. The lowest BCUT2D eigenvalue weighted by atomic mass is 9.98. The Morgan fingerprint density at radius 3 is 2.47 bits per heavy atom. The number of nitrogens with two attached hydrogens (primary N) is 1. The Bertz CT molecular complexity index is 423. The first-order valence-corrected chi connectivity index (χ1v) is 7.29. The van der Waals surface area contributed by atoms with Crippen LogP contribution in [0.15, 0.2) is 24.3 Å². The van der Waals surface area contributed by atoms with Gasteiger partial charge in [0.1, 0.15) is 0 Å². The number of hydrogen-bond donors (Lipinski definition) is 1. The highest BCUT2D eigenvalue weighted by molar-refractivity contribution is 5.95. The zero-order valence-corrected chi connectivity index (χ0v) is 11.8. The molecule has 0 heterocycles. The summed E-state index contributed by atoms with van der Waals surface area (Å²) in [6.07, 6.45) is 6.98. The Balaban J connectivity index is 2.13. The molecule has 1 fully saturated rings. The smallest absolute Gasteiger partial charge is 0.229 e. The molecule has 1 aromatic carbocycles. The van der Waals surface area contributed by atoms with Gasteiger partial charge < -0.3 is 10.6 Å².